The lowest BCUT2D eigenvalue weighted by Crippen LogP contribution is -2.10. The summed E-state index contributed by atoms with van der Waals surface area (Å²) in [4.78, 5) is 2.18. The highest BCUT2D eigenvalue weighted by atomic mass is 15.1. The Hall–Kier alpha value is -1.76. The second-order valence-corrected chi connectivity index (χ2v) is 5.11. The van der Waals surface area contributed by atoms with E-state index in [0.29, 0.717) is 0 Å². The second-order valence-electron chi connectivity index (χ2n) is 5.11. The summed E-state index contributed by atoms with van der Waals surface area (Å²) in [5.74, 6) is 0. The van der Waals surface area contributed by atoms with Crippen LogP contribution in [0.4, 0.5) is 5.69 Å². The Labute approximate surface area is 110 Å². The average Bonchev–Trinajstić information content (AvgIpc) is 2.33. The normalized spacial score (nSPS) is 10.5. The summed E-state index contributed by atoms with van der Waals surface area (Å²) < 4.78 is 0. The summed E-state index contributed by atoms with van der Waals surface area (Å²) in [5.41, 5.74) is 8.02. The van der Waals surface area contributed by atoms with Crippen LogP contribution in [0.2, 0.25) is 0 Å². The Morgan fingerprint density at radius 3 is 2.06 bits per heavy atom. The van der Waals surface area contributed by atoms with Crippen LogP contribution in [0.25, 0.3) is 11.1 Å². The number of benzene rings is 2. The monoisotopic (exact) mass is 239 g/mol. The third-order valence-electron chi connectivity index (χ3n) is 3.61. The summed E-state index contributed by atoms with van der Waals surface area (Å²) in [6.45, 7) is 6.56. The van der Waals surface area contributed by atoms with Crippen molar-refractivity contribution in [1.29, 1.82) is 0 Å². The van der Waals surface area contributed by atoms with E-state index < -0.39 is 0 Å². The van der Waals surface area contributed by atoms with E-state index in [1.807, 2.05) is 0 Å². The molecule has 0 bridgehead atoms. The van der Waals surface area contributed by atoms with Gasteiger partial charge in [-0.3, -0.25) is 0 Å². The molecule has 0 aliphatic carbocycles. The van der Waals surface area contributed by atoms with Crippen molar-refractivity contribution < 1.29 is 0 Å². The van der Waals surface area contributed by atoms with Crippen molar-refractivity contribution in [3.05, 3.63) is 53.1 Å². The van der Waals surface area contributed by atoms with Crippen LogP contribution in [0.15, 0.2) is 36.4 Å². The van der Waals surface area contributed by atoms with E-state index in [-0.39, 0.29) is 0 Å². The Balaban J connectivity index is 2.74. The number of hydrogen-bond donors (Lipinski definition) is 0. The zero-order valence-corrected chi connectivity index (χ0v) is 11.9. The minimum absolute atomic E-state index is 1.28. The second kappa shape index (κ2) is 4.85. The van der Waals surface area contributed by atoms with Gasteiger partial charge in [-0.1, -0.05) is 30.3 Å². The van der Waals surface area contributed by atoms with E-state index in [1.165, 1.54) is 33.5 Å². The third kappa shape index (κ3) is 2.13. The predicted octanol–water partition coefficient (Wildman–Crippen LogP) is 4.34. The fourth-order valence-electron chi connectivity index (χ4n) is 2.40. The number of hydrogen-bond acceptors (Lipinski definition) is 1. The zero-order valence-electron chi connectivity index (χ0n) is 11.9. The van der Waals surface area contributed by atoms with Crippen molar-refractivity contribution in [3.8, 4) is 11.1 Å². The summed E-state index contributed by atoms with van der Waals surface area (Å²) in [6.07, 6.45) is 0. The molecule has 94 valence electrons. The van der Waals surface area contributed by atoms with Crippen LogP contribution in [0.1, 0.15) is 16.7 Å². The predicted molar refractivity (Wildman–Crippen MR) is 80.4 cm³/mol. The van der Waals surface area contributed by atoms with Gasteiger partial charge in [-0.2, -0.15) is 0 Å². The van der Waals surface area contributed by atoms with E-state index >= 15 is 0 Å². The molecule has 0 heterocycles. The molecule has 0 aliphatic rings. The van der Waals surface area contributed by atoms with Gasteiger partial charge in [0.15, 0.2) is 0 Å². The maximum absolute atomic E-state index is 2.22. The maximum atomic E-state index is 2.22. The first-order valence-electron chi connectivity index (χ1n) is 6.36. The van der Waals surface area contributed by atoms with E-state index in [4.69, 9.17) is 0 Å². The Morgan fingerprint density at radius 1 is 0.778 bits per heavy atom. The van der Waals surface area contributed by atoms with Crippen LogP contribution in [0.3, 0.4) is 0 Å². The molecular formula is C17H21N. The van der Waals surface area contributed by atoms with E-state index in [9.17, 15) is 0 Å². The molecular weight excluding hydrogens is 218 g/mol. The minimum atomic E-state index is 1.28. The molecule has 0 spiro atoms. The molecule has 0 N–H and O–H groups in total. The highest BCUT2D eigenvalue weighted by Crippen LogP contribution is 2.35. The minimum Gasteiger partial charge on any atom is -0.377 e. The van der Waals surface area contributed by atoms with E-state index in [1.54, 1.807) is 0 Å². The molecule has 0 aromatic heterocycles. The van der Waals surface area contributed by atoms with Crippen LogP contribution in [0, 0.1) is 20.8 Å². The molecule has 1 heteroatoms. The van der Waals surface area contributed by atoms with Crippen molar-refractivity contribution in [3.63, 3.8) is 0 Å². The Morgan fingerprint density at radius 2 is 1.39 bits per heavy atom. The molecule has 0 saturated carbocycles. The number of aryl methyl sites for hydroxylation is 2. The molecule has 2 rings (SSSR count). The lowest BCUT2D eigenvalue weighted by Gasteiger charge is -2.21. The average molecular weight is 239 g/mol. The zero-order chi connectivity index (χ0) is 13.3. The summed E-state index contributed by atoms with van der Waals surface area (Å²) in [5, 5.41) is 0. The topological polar surface area (TPSA) is 3.24 Å². The molecule has 0 atom stereocenters. The number of nitrogens with zero attached hydrogens (tertiary/aromatic N) is 1. The van der Waals surface area contributed by atoms with Gasteiger partial charge >= 0.3 is 0 Å². The van der Waals surface area contributed by atoms with Crippen molar-refractivity contribution >= 4 is 5.69 Å². The fourth-order valence-corrected chi connectivity index (χ4v) is 2.40. The molecule has 0 amide bonds. The van der Waals surface area contributed by atoms with Gasteiger partial charge in [-0.05, 0) is 49.1 Å². The van der Waals surface area contributed by atoms with Crippen molar-refractivity contribution in [2.75, 3.05) is 19.0 Å². The quantitative estimate of drug-likeness (QED) is 0.753. The van der Waals surface area contributed by atoms with Gasteiger partial charge in [0.1, 0.15) is 0 Å². The molecule has 2 aromatic rings. The molecule has 0 fully saturated rings. The lowest BCUT2D eigenvalue weighted by molar-refractivity contribution is 1.13. The maximum Gasteiger partial charge on any atom is 0.0443 e. The summed E-state index contributed by atoms with van der Waals surface area (Å²) in [7, 11) is 4.20. The molecule has 1 nitrogen and oxygen atoms in total. The van der Waals surface area contributed by atoms with Crippen LogP contribution in [0.5, 0.6) is 0 Å². The van der Waals surface area contributed by atoms with Crippen LogP contribution in [-0.4, -0.2) is 14.1 Å². The number of rotatable bonds is 2. The van der Waals surface area contributed by atoms with Gasteiger partial charge in [0, 0.05) is 25.3 Å². The van der Waals surface area contributed by atoms with Crippen molar-refractivity contribution in [2.45, 2.75) is 20.8 Å². The van der Waals surface area contributed by atoms with E-state index in [0.717, 1.165) is 0 Å². The van der Waals surface area contributed by atoms with Crippen LogP contribution < -0.4 is 4.90 Å². The van der Waals surface area contributed by atoms with Gasteiger partial charge in [0.05, 0.1) is 0 Å². The first-order valence-corrected chi connectivity index (χ1v) is 6.36. The largest absolute Gasteiger partial charge is 0.377 e. The third-order valence-corrected chi connectivity index (χ3v) is 3.61. The van der Waals surface area contributed by atoms with Crippen LogP contribution in [-0.2, 0) is 0 Å². The number of anilines is 1. The van der Waals surface area contributed by atoms with Gasteiger partial charge in [-0.15, -0.1) is 0 Å². The first-order chi connectivity index (χ1) is 8.52. The molecule has 0 saturated heterocycles. The van der Waals surface area contributed by atoms with Crippen molar-refractivity contribution in [1.82, 2.24) is 0 Å². The SMILES string of the molecule is Cc1cccc(-c2c(C)cccc2N(C)C)c1C. The van der Waals surface area contributed by atoms with Gasteiger partial charge < -0.3 is 4.90 Å². The highest BCUT2D eigenvalue weighted by Gasteiger charge is 2.12. The van der Waals surface area contributed by atoms with Gasteiger partial charge in [-0.25, -0.2) is 0 Å². The van der Waals surface area contributed by atoms with Crippen molar-refractivity contribution in [2.24, 2.45) is 0 Å². The van der Waals surface area contributed by atoms with Gasteiger partial charge in [0.2, 0.25) is 0 Å². The summed E-state index contributed by atoms with van der Waals surface area (Å²) >= 11 is 0. The molecule has 0 radical (unpaired) electrons. The fraction of sp³-hybridized carbons (Fsp3) is 0.294. The lowest BCUT2D eigenvalue weighted by atomic mass is 9.92. The Bertz CT molecular complexity index is 568. The van der Waals surface area contributed by atoms with Gasteiger partial charge in [0.25, 0.3) is 0 Å². The highest BCUT2D eigenvalue weighted by molar-refractivity contribution is 5.83. The first kappa shape index (κ1) is 12.7. The van der Waals surface area contributed by atoms with Crippen LogP contribution >= 0.6 is 0 Å². The Kier molecular flexibility index (Phi) is 3.42. The molecule has 0 aliphatic heterocycles. The molecule has 18 heavy (non-hydrogen) atoms. The molecule has 2 aromatic carbocycles. The molecule has 0 unspecified atom stereocenters. The smallest absolute Gasteiger partial charge is 0.0443 e. The van der Waals surface area contributed by atoms with E-state index in [2.05, 4.69) is 76.2 Å². The summed E-state index contributed by atoms with van der Waals surface area (Å²) in [6, 6.07) is 13.0. The standard InChI is InChI=1S/C17H21N/c1-12-8-6-10-15(14(12)3)17-13(2)9-7-11-16(17)18(4)5/h6-11H,1-5H3.